The van der Waals surface area contributed by atoms with Gasteiger partial charge in [-0.2, -0.15) is 0 Å². The van der Waals surface area contributed by atoms with E-state index in [2.05, 4.69) is 20.6 Å². The average Bonchev–Trinajstić information content (AvgIpc) is 2.85. The first-order chi connectivity index (χ1) is 16.1. The summed E-state index contributed by atoms with van der Waals surface area (Å²) < 4.78 is 1.37. The topological polar surface area (TPSA) is 109 Å². The monoisotopic (exact) mass is 443 g/mol. The van der Waals surface area contributed by atoms with E-state index in [-0.39, 0.29) is 12.5 Å². The SMILES string of the molecule is O=C(Cn1c(=O)ncc2ccccc21)Nc1ccc(CCNC[C@H](O)c2cccnc2)cc1. The molecule has 2 heterocycles. The molecule has 0 fully saturated rings. The van der Waals surface area contributed by atoms with E-state index >= 15 is 0 Å². The average molecular weight is 444 g/mol. The van der Waals surface area contributed by atoms with Crippen molar-refractivity contribution in [3.8, 4) is 0 Å². The highest BCUT2D eigenvalue weighted by Gasteiger charge is 2.10. The van der Waals surface area contributed by atoms with Crippen LogP contribution in [0, 0.1) is 0 Å². The van der Waals surface area contributed by atoms with E-state index in [0.29, 0.717) is 24.3 Å². The van der Waals surface area contributed by atoms with Crippen molar-refractivity contribution in [2.45, 2.75) is 19.1 Å². The molecule has 1 amide bonds. The number of nitrogens with zero attached hydrogens (tertiary/aromatic N) is 3. The van der Waals surface area contributed by atoms with Crippen LogP contribution in [0.3, 0.4) is 0 Å². The minimum atomic E-state index is -0.597. The number of anilines is 1. The number of rotatable bonds is 9. The molecular weight excluding hydrogens is 418 g/mol. The Morgan fingerprint density at radius 3 is 2.64 bits per heavy atom. The second-order valence-electron chi connectivity index (χ2n) is 7.69. The number of aromatic nitrogens is 3. The molecule has 1 atom stereocenters. The van der Waals surface area contributed by atoms with Crippen molar-refractivity contribution in [1.82, 2.24) is 19.9 Å². The molecule has 0 unspecified atom stereocenters. The zero-order chi connectivity index (χ0) is 23.0. The number of nitrogens with one attached hydrogen (secondary N) is 2. The van der Waals surface area contributed by atoms with Gasteiger partial charge in [0.05, 0.1) is 11.6 Å². The van der Waals surface area contributed by atoms with Gasteiger partial charge in [-0.1, -0.05) is 36.4 Å². The number of benzene rings is 2. The fraction of sp³-hybridized carbons (Fsp3) is 0.200. The van der Waals surface area contributed by atoms with Gasteiger partial charge in [-0.15, -0.1) is 0 Å². The predicted octanol–water partition coefficient (Wildman–Crippen LogP) is 2.30. The van der Waals surface area contributed by atoms with Gasteiger partial charge in [0.1, 0.15) is 6.54 Å². The number of pyridine rings is 1. The van der Waals surface area contributed by atoms with Crippen molar-refractivity contribution in [2.24, 2.45) is 0 Å². The predicted molar refractivity (Wildman–Crippen MR) is 127 cm³/mol. The Morgan fingerprint density at radius 1 is 1.03 bits per heavy atom. The first-order valence-corrected chi connectivity index (χ1v) is 10.7. The lowest BCUT2D eigenvalue weighted by atomic mass is 10.1. The Labute approximate surface area is 191 Å². The molecule has 2 aromatic heterocycles. The number of carbonyl (C=O) groups is 1. The van der Waals surface area contributed by atoms with E-state index in [1.165, 1.54) is 10.8 Å². The molecule has 2 aromatic carbocycles. The van der Waals surface area contributed by atoms with Crippen LogP contribution in [0.25, 0.3) is 10.9 Å². The molecule has 0 bridgehead atoms. The van der Waals surface area contributed by atoms with E-state index in [4.69, 9.17) is 0 Å². The Kier molecular flexibility index (Phi) is 7.19. The van der Waals surface area contributed by atoms with Crippen molar-refractivity contribution in [3.05, 3.63) is 101 Å². The number of para-hydroxylation sites is 1. The molecule has 0 aliphatic heterocycles. The lowest BCUT2D eigenvalue weighted by molar-refractivity contribution is -0.116. The number of amides is 1. The first kappa shape index (κ1) is 22.3. The van der Waals surface area contributed by atoms with Crippen LogP contribution in [0.15, 0.2) is 84.0 Å². The molecule has 168 valence electrons. The molecule has 0 aliphatic rings. The summed E-state index contributed by atoms with van der Waals surface area (Å²) in [7, 11) is 0. The third-order valence-corrected chi connectivity index (χ3v) is 5.31. The molecule has 4 aromatic rings. The molecule has 0 spiro atoms. The van der Waals surface area contributed by atoms with Crippen molar-refractivity contribution < 1.29 is 9.90 Å². The highest BCUT2D eigenvalue weighted by Crippen LogP contribution is 2.13. The summed E-state index contributed by atoms with van der Waals surface area (Å²) in [6, 6.07) is 18.5. The van der Waals surface area contributed by atoms with Gasteiger partial charge in [0, 0.05) is 41.8 Å². The minimum Gasteiger partial charge on any atom is -0.387 e. The van der Waals surface area contributed by atoms with Crippen LogP contribution in [-0.4, -0.2) is 38.6 Å². The van der Waals surface area contributed by atoms with Crippen molar-refractivity contribution >= 4 is 22.5 Å². The zero-order valence-corrected chi connectivity index (χ0v) is 18.0. The third kappa shape index (κ3) is 5.88. The van der Waals surface area contributed by atoms with E-state index < -0.39 is 11.8 Å². The summed E-state index contributed by atoms with van der Waals surface area (Å²) in [5.41, 5.74) is 2.76. The molecule has 4 rings (SSSR count). The van der Waals surface area contributed by atoms with Crippen LogP contribution in [-0.2, 0) is 17.8 Å². The van der Waals surface area contributed by atoms with E-state index in [1.807, 2.05) is 48.5 Å². The lowest BCUT2D eigenvalue weighted by Gasteiger charge is -2.12. The largest absolute Gasteiger partial charge is 0.387 e. The van der Waals surface area contributed by atoms with Crippen LogP contribution in [0.1, 0.15) is 17.2 Å². The van der Waals surface area contributed by atoms with Crippen LogP contribution in [0.4, 0.5) is 5.69 Å². The molecule has 33 heavy (non-hydrogen) atoms. The Hall–Kier alpha value is -3.88. The molecule has 0 saturated heterocycles. The summed E-state index contributed by atoms with van der Waals surface area (Å²) in [4.78, 5) is 32.5. The Morgan fingerprint density at radius 2 is 1.85 bits per heavy atom. The summed E-state index contributed by atoms with van der Waals surface area (Å²) in [5, 5.41) is 17.0. The molecule has 8 nitrogen and oxygen atoms in total. The normalized spacial score (nSPS) is 11.9. The molecule has 0 aliphatic carbocycles. The van der Waals surface area contributed by atoms with Gasteiger partial charge in [0.2, 0.25) is 5.91 Å². The van der Waals surface area contributed by atoms with Gasteiger partial charge < -0.3 is 15.7 Å². The van der Waals surface area contributed by atoms with Crippen LogP contribution in [0.5, 0.6) is 0 Å². The molecule has 0 radical (unpaired) electrons. The zero-order valence-electron chi connectivity index (χ0n) is 18.0. The summed E-state index contributed by atoms with van der Waals surface area (Å²) in [6.45, 7) is 1.04. The standard InChI is InChI=1S/C25H25N5O3/c31-23(20-5-3-12-26-14-20)16-27-13-11-18-7-9-21(10-8-18)29-24(32)17-30-22-6-2-1-4-19(22)15-28-25(30)33/h1-10,12,14-15,23,27,31H,11,13,16-17H2,(H,29,32)/t23-/m0/s1. The lowest BCUT2D eigenvalue weighted by Crippen LogP contribution is -2.29. The first-order valence-electron chi connectivity index (χ1n) is 10.7. The van der Waals surface area contributed by atoms with Gasteiger partial charge in [-0.25, -0.2) is 9.78 Å². The minimum absolute atomic E-state index is 0.113. The van der Waals surface area contributed by atoms with Crippen molar-refractivity contribution in [3.63, 3.8) is 0 Å². The van der Waals surface area contributed by atoms with Gasteiger partial charge in [-0.3, -0.25) is 14.3 Å². The second-order valence-corrected chi connectivity index (χ2v) is 7.69. The maximum absolute atomic E-state index is 12.5. The van der Waals surface area contributed by atoms with Gasteiger partial charge in [0.15, 0.2) is 0 Å². The number of fused-ring (bicyclic) bond motifs is 1. The summed E-state index contributed by atoms with van der Waals surface area (Å²) >= 11 is 0. The summed E-state index contributed by atoms with van der Waals surface area (Å²) in [6.07, 6.45) is 5.04. The van der Waals surface area contributed by atoms with E-state index in [9.17, 15) is 14.7 Å². The fourth-order valence-corrected chi connectivity index (χ4v) is 3.55. The maximum atomic E-state index is 12.5. The van der Waals surface area contributed by atoms with Gasteiger partial charge in [0.25, 0.3) is 0 Å². The molecule has 3 N–H and O–H groups in total. The number of hydrogen-bond donors (Lipinski definition) is 3. The van der Waals surface area contributed by atoms with Crippen LogP contribution >= 0.6 is 0 Å². The molecule has 0 saturated carbocycles. The van der Waals surface area contributed by atoms with E-state index in [0.717, 1.165) is 22.9 Å². The van der Waals surface area contributed by atoms with Crippen LogP contribution in [0.2, 0.25) is 0 Å². The third-order valence-electron chi connectivity index (χ3n) is 5.31. The van der Waals surface area contributed by atoms with Gasteiger partial charge in [-0.05, 0) is 42.8 Å². The molecular formula is C25H25N5O3. The number of carbonyl (C=O) groups excluding carboxylic acids is 1. The number of aliphatic hydroxyl groups is 1. The van der Waals surface area contributed by atoms with Crippen molar-refractivity contribution in [1.29, 1.82) is 0 Å². The Balaban J connectivity index is 1.27. The van der Waals surface area contributed by atoms with Gasteiger partial charge >= 0.3 is 5.69 Å². The maximum Gasteiger partial charge on any atom is 0.348 e. The van der Waals surface area contributed by atoms with Crippen molar-refractivity contribution in [2.75, 3.05) is 18.4 Å². The quantitative estimate of drug-likeness (QED) is 0.343. The van der Waals surface area contributed by atoms with Crippen LogP contribution < -0.4 is 16.3 Å². The second kappa shape index (κ2) is 10.6. The summed E-state index contributed by atoms with van der Waals surface area (Å²) in [5.74, 6) is -0.297. The number of hydrogen-bond acceptors (Lipinski definition) is 6. The smallest absolute Gasteiger partial charge is 0.348 e. The fourth-order valence-electron chi connectivity index (χ4n) is 3.55. The Bertz CT molecular complexity index is 1270. The highest BCUT2D eigenvalue weighted by atomic mass is 16.3. The highest BCUT2D eigenvalue weighted by molar-refractivity contribution is 5.91. The number of aliphatic hydroxyl groups excluding tert-OH is 1. The van der Waals surface area contributed by atoms with E-state index in [1.54, 1.807) is 24.5 Å². The molecule has 8 heteroatoms.